The predicted molar refractivity (Wildman–Crippen MR) is 52.3 cm³/mol. The van der Waals surface area contributed by atoms with E-state index >= 15 is 0 Å². The maximum atomic E-state index is 12.0. The standard InChI is InChI=1S/C10H7F3OSe/c11-10(12,13)15-9(7-14)6-8-4-2-1-3-5-8/h1-7H/b9-6+. The molecule has 1 rings (SSSR count). The van der Waals surface area contributed by atoms with Crippen molar-refractivity contribution in [3.63, 3.8) is 0 Å². The van der Waals surface area contributed by atoms with Gasteiger partial charge in [0.2, 0.25) is 0 Å². The van der Waals surface area contributed by atoms with Crippen molar-refractivity contribution in [2.75, 3.05) is 0 Å². The summed E-state index contributed by atoms with van der Waals surface area (Å²) in [6.45, 7) is 0. The molecule has 80 valence electrons. The van der Waals surface area contributed by atoms with Crippen LogP contribution in [0.3, 0.4) is 0 Å². The zero-order chi connectivity index (χ0) is 11.3. The molecule has 0 N–H and O–H groups in total. The van der Waals surface area contributed by atoms with E-state index in [1.54, 1.807) is 30.3 Å². The van der Waals surface area contributed by atoms with E-state index in [4.69, 9.17) is 0 Å². The van der Waals surface area contributed by atoms with Crippen molar-refractivity contribution in [2.24, 2.45) is 0 Å². The van der Waals surface area contributed by atoms with E-state index in [2.05, 4.69) is 0 Å². The van der Waals surface area contributed by atoms with Crippen molar-refractivity contribution >= 4 is 27.3 Å². The number of hydrogen-bond donors (Lipinski definition) is 0. The SMILES string of the molecule is O=C/C(=C\c1ccccc1)[Se]C(F)(F)F. The van der Waals surface area contributed by atoms with Crippen LogP contribution in [-0.4, -0.2) is 26.3 Å². The molecular weight excluding hydrogens is 272 g/mol. The Kier molecular flexibility index (Phi) is 4.12. The van der Waals surface area contributed by atoms with Gasteiger partial charge in [0.15, 0.2) is 0 Å². The topological polar surface area (TPSA) is 17.1 Å². The van der Waals surface area contributed by atoms with Crippen molar-refractivity contribution in [3.05, 3.63) is 40.4 Å². The van der Waals surface area contributed by atoms with E-state index in [-0.39, 0.29) is 10.8 Å². The summed E-state index contributed by atoms with van der Waals surface area (Å²) in [5, 5.41) is -4.28. The van der Waals surface area contributed by atoms with Crippen LogP contribution < -0.4 is 0 Å². The summed E-state index contributed by atoms with van der Waals surface area (Å²) >= 11 is -1.77. The molecule has 0 amide bonds. The second kappa shape index (κ2) is 5.14. The fourth-order valence-electron chi connectivity index (χ4n) is 0.935. The molecule has 0 bridgehead atoms. The van der Waals surface area contributed by atoms with Gasteiger partial charge in [-0.15, -0.1) is 0 Å². The zero-order valence-electron chi connectivity index (χ0n) is 7.49. The number of rotatable bonds is 3. The number of hydrogen-bond acceptors (Lipinski definition) is 1. The molecule has 15 heavy (non-hydrogen) atoms. The van der Waals surface area contributed by atoms with E-state index in [0.29, 0.717) is 5.56 Å². The molecule has 0 spiro atoms. The third-order valence-electron chi connectivity index (χ3n) is 1.46. The third-order valence-corrected chi connectivity index (χ3v) is 2.89. The molecule has 0 aromatic heterocycles. The Morgan fingerprint density at radius 2 is 1.80 bits per heavy atom. The van der Waals surface area contributed by atoms with Crippen LogP contribution in [-0.2, 0) is 4.79 Å². The van der Waals surface area contributed by atoms with Crippen molar-refractivity contribution in [2.45, 2.75) is 5.07 Å². The molecule has 0 atom stereocenters. The molecule has 0 aliphatic carbocycles. The van der Waals surface area contributed by atoms with Gasteiger partial charge in [0, 0.05) is 0 Å². The molecule has 0 aliphatic rings. The minimum atomic E-state index is -4.28. The molecule has 0 fully saturated rings. The summed E-state index contributed by atoms with van der Waals surface area (Å²) < 4.78 is 35.9. The first kappa shape index (κ1) is 12.0. The fourth-order valence-corrected chi connectivity index (χ4v) is 2.01. The Bertz CT molecular complexity index is 357. The van der Waals surface area contributed by atoms with Gasteiger partial charge in [-0.05, 0) is 0 Å². The Hall–Kier alpha value is -1.06. The molecule has 0 heterocycles. The molecule has 0 aliphatic heterocycles. The van der Waals surface area contributed by atoms with Gasteiger partial charge in [0.25, 0.3) is 0 Å². The first-order valence-corrected chi connectivity index (χ1v) is 5.70. The van der Waals surface area contributed by atoms with E-state index in [1.165, 1.54) is 6.08 Å². The van der Waals surface area contributed by atoms with Crippen LogP contribution in [0.2, 0.25) is 0 Å². The van der Waals surface area contributed by atoms with Gasteiger partial charge in [-0.25, -0.2) is 0 Å². The van der Waals surface area contributed by atoms with Gasteiger partial charge in [0.1, 0.15) is 0 Å². The summed E-state index contributed by atoms with van der Waals surface area (Å²) in [5.41, 5.74) is 0.603. The van der Waals surface area contributed by atoms with Crippen molar-refractivity contribution in [1.29, 1.82) is 0 Å². The van der Waals surface area contributed by atoms with Crippen LogP contribution in [0, 0.1) is 0 Å². The monoisotopic (exact) mass is 280 g/mol. The van der Waals surface area contributed by atoms with Gasteiger partial charge >= 0.3 is 90.7 Å². The molecule has 0 saturated heterocycles. The summed E-state index contributed by atoms with van der Waals surface area (Å²) in [6, 6.07) is 8.46. The second-order valence-corrected chi connectivity index (χ2v) is 5.01. The molecule has 1 aromatic carbocycles. The molecule has 5 heteroatoms. The molecule has 1 nitrogen and oxygen atoms in total. The number of alkyl halides is 3. The quantitative estimate of drug-likeness (QED) is 0.472. The van der Waals surface area contributed by atoms with Crippen molar-refractivity contribution in [1.82, 2.24) is 0 Å². The second-order valence-electron chi connectivity index (χ2n) is 2.62. The first-order chi connectivity index (χ1) is 7.01. The number of halogens is 3. The van der Waals surface area contributed by atoms with Crippen LogP contribution in [0.1, 0.15) is 5.56 Å². The fraction of sp³-hybridized carbons (Fsp3) is 0.100. The summed E-state index contributed by atoms with van der Waals surface area (Å²) in [6.07, 6.45) is 1.53. The van der Waals surface area contributed by atoms with Crippen LogP contribution in [0.25, 0.3) is 6.08 Å². The van der Waals surface area contributed by atoms with E-state index in [0.717, 1.165) is 0 Å². The van der Waals surface area contributed by atoms with Gasteiger partial charge in [-0.1, -0.05) is 0 Å². The summed E-state index contributed by atoms with van der Waals surface area (Å²) in [4.78, 5) is 10.4. The van der Waals surface area contributed by atoms with Crippen LogP contribution in [0.15, 0.2) is 34.8 Å². The average molecular weight is 279 g/mol. The molecule has 0 radical (unpaired) electrons. The van der Waals surface area contributed by atoms with Crippen LogP contribution >= 0.6 is 0 Å². The Labute approximate surface area is 91.1 Å². The van der Waals surface area contributed by atoms with Gasteiger partial charge in [-0.2, -0.15) is 0 Å². The normalized spacial score (nSPS) is 12.6. The van der Waals surface area contributed by atoms with Crippen molar-refractivity contribution in [3.8, 4) is 0 Å². The van der Waals surface area contributed by atoms with Crippen LogP contribution in [0.4, 0.5) is 13.2 Å². The Balaban J connectivity index is 2.84. The zero-order valence-corrected chi connectivity index (χ0v) is 9.20. The predicted octanol–water partition coefficient (Wildman–Crippen LogP) is 2.45. The molecular formula is C10H7F3OSe. The van der Waals surface area contributed by atoms with E-state index < -0.39 is 20.0 Å². The van der Waals surface area contributed by atoms with Crippen molar-refractivity contribution < 1.29 is 18.0 Å². The number of aldehydes is 1. The number of carbonyl (C=O) groups is 1. The number of benzene rings is 1. The summed E-state index contributed by atoms with van der Waals surface area (Å²) in [7, 11) is 0. The van der Waals surface area contributed by atoms with Crippen LogP contribution in [0.5, 0.6) is 0 Å². The summed E-state index contributed by atoms with van der Waals surface area (Å²) in [5.74, 6) is 0. The molecule has 1 aromatic rings. The molecule has 0 unspecified atom stereocenters. The number of carbonyl (C=O) groups excluding carboxylic acids is 1. The van der Waals surface area contributed by atoms with Gasteiger partial charge < -0.3 is 0 Å². The van der Waals surface area contributed by atoms with Gasteiger partial charge in [0.05, 0.1) is 0 Å². The van der Waals surface area contributed by atoms with E-state index in [9.17, 15) is 18.0 Å². The minimum absolute atomic E-state index is 0.207. The average Bonchev–Trinajstić information content (AvgIpc) is 2.16. The molecule has 0 saturated carbocycles. The van der Waals surface area contributed by atoms with Gasteiger partial charge in [-0.3, -0.25) is 0 Å². The Morgan fingerprint density at radius 3 is 2.27 bits per heavy atom. The third kappa shape index (κ3) is 4.81. The maximum absolute atomic E-state index is 12.0. The first-order valence-electron chi connectivity index (χ1n) is 3.99. The van der Waals surface area contributed by atoms with E-state index in [1.807, 2.05) is 0 Å². The number of allylic oxidation sites excluding steroid dienone is 1. The Morgan fingerprint density at radius 1 is 1.20 bits per heavy atom.